The molecule has 5 nitrogen and oxygen atoms in total. The minimum Gasteiger partial charge on any atom is -0.337 e. The Morgan fingerprint density at radius 1 is 0.938 bits per heavy atom. The second kappa shape index (κ2) is 9.07. The molecule has 32 heavy (non-hydrogen) atoms. The highest BCUT2D eigenvalue weighted by Crippen LogP contribution is 2.31. The fraction of sp³-hybridized carbons (Fsp3) is 0.481. The number of para-hydroxylation sites is 1. The van der Waals surface area contributed by atoms with Gasteiger partial charge in [0.1, 0.15) is 0 Å². The van der Waals surface area contributed by atoms with Gasteiger partial charge in [-0.05, 0) is 81.3 Å². The summed E-state index contributed by atoms with van der Waals surface area (Å²) >= 11 is 0. The number of fused-ring (bicyclic) bond motifs is 1. The first-order valence-corrected chi connectivity index (χ1v) is 12.1. The highest BCUT2D eigenvalue weighted by molar-refractivity contribution is 6.04. The number of carbonyl (C=O) groups is 1. The Morgan fingerprint density at radius 2 is 1.69 bits per heavy atom. The molecule has 3 aromatic rings. The van der Waals surface area contributed by atoms with Gasteiger partial charge in [0.15, 0.2) is 5.69 Å². The Labute approximate surface area is 191 Å². The molecule has 5 heteroatoms. The van der Waals surface area contributed by atoms with Crippen molar-refractivity contribution in [3.63, 3.8) is 0 Å². The fourth-order valence-corrected chi connectivity index (χ4v) is 5.45. The van der Waals surface area contributed by atoms with Crippen LogP contribution >= 0.6 is 0 Å². The van der Waals surface area contributed by atoms with Gasteiger partial charge >= 0.3 is 0 Å². The molecule has 0 saturated carbocycles. The summed E-state index contributed by atoms with van der Waals surface area (Å²) in [6, 6.07) is 14.9. The van der Waals surface area contributed by atoms with E-state index in [-0.39, 0.29) is 5.91 Å². The first-order chi connectivity index (χ1) is 15.6. The first kappa shape index (κ1) is 21.2. The van der Waals surface area contributed by atoms with E-state index in [9.17, 15) is 4.79 Å². The van der Waals surface area contributed by atoms with Crippen LogP contribution in [-0.4, -0.2) is 58.2 Å². The zero-order valence-corrected chi connectivity index (χ0v) is 19.4. The number of benzene rings is 2. The molecule has 0 spiro atoms. The number of nitrogens with zero attached hydrogens (tertiary/aromatic N) is 4. The topological polar surface area (TPSA) is 41.4 Å². The van der Waals surface area contributed by atoms with E-state index in [1.54, 1.807) is 0 Å². The Kier molecular flexibility index (Phi) is 6.01. The fourth-order valence-electron chi connectivity index (χ4n) is 5.45. The molecule has 3 heterocycles. The standard InChI is InChI=1S/C27H34N4O/c1-20-8-7-10-23(21(20)2)22-12-16-29(17-13-22)18-19-31-25-11-4-3-9-24(25)26(28-31)27(32)30-14-5-6-15-30/h3-4,7-11,22H,5-6,12-19H2,1-2H3. The molecule has 0 radical (unpaired) electrons. The van der Waals surface area contributed by atoms with Gasteiger partial charge in [-0.2, -0.15) is 5.10 Å². The molecule has 2 aliphatic rings. The average molecular weight is 431 g/mol. The van der Waals surface area contributed by atoms with Crippen LogP contribution in [0.4, 0.5) is 0 Å². The van der Waals surface area contributed by atoms with Crippen molar-refractivity contribution in [1.82, 2.24) is 19.6 Å². The van der Waals surface area contributed by atoms with Crippen molar-refractivity contribution in [1.29, 1.82) is 0 Å². The third-order valence-electron chi connectivity index (χ3n) is 7.56. The zero-order valence-electron chi connectivity index (χ0n) is 19.4. The van der Waals surface area contributed by atoms with Crippen molar-refractivity contribution in [3.8, 4) is 0 Å². The van der Waals surface area contributed by atoms with Crippen LogP contribution in [-0.2, 0) is 6.54 Å². The van der Waals surface area contributed by atoms with E-state index in [0.717, 1.165) is 63.0 Å². The highest BCUT2D eigenvalue weighted by atomic mass is 16.2. The largest absolute Gasteiger partial charge is 0.337 e. The molecule has 0 bridgehead atoms. The number of carbonyl (C=O) groups excluding carboxylic acids is 1. The first-order valence-electron chi connectivity index (χ1n) is 12.1. The number of likely N-dealkylation sites (tertiary alicyclic amines) is 2. The lowest BCUT2D eigenvalue weighted by atomic mass is 9.85. The van der Waals surface area contributed by atoms with Gasteiger partial charge in [0.2, 0.25) is 0 Å². The summed E-state index contributed by atoms with van der Waals surface area (Å²) in [6.07, 6.45) is 4.62. The highest BCUT2D eigenvalue weighted by Gasteiger charge is 2.26. The molecule has 0 N–H and O–H groups in total. The van der Waals surface area contributed by atoms with E-state index in [0.29, 0.717) is 11.6 Å². The summed E-state index contributed by atoms with van der Waals surface area (Å²) in [5, 5.41) is 5.79. The van der Waals surface area contributed by atoms with E-state index in [4.69, 9.17) is 5.10 Å². The molecule has 2 fully saturated rings. The number of aryl methyl sites for hydroxylation is 1. The van der Waals surface area contributed by atoms with Gasteiger partial charge in [0.05, 0.1) is 12.1 Å². The van der Waals surface area contributed by atoms with Crippen molar-refractivity contribution < 1.29 is 4.79 Å². The van der Waals surface area contributed by atoms with Gasteiger partial charge in [-0.1, -0.05) is 36.4 Å². The molecule has 2 aromatic carbocycles. The van der Waals surface area contributed by atoms with E-state index >= 15 is 0 Å². The summed E-state index contributed by atoms with van der Waals surface area (Å²) in [7, 11) is 0. The number of piperidine rings is 1. The predicted molar refractivity (Wildman–Crippen MR) is 129 cm³/mol. The molecule has 0 aliphatic carbocycles. The molecular weight excluding hydrogens is 396 g/mol. The number of hydrogen-bond acceptors (Lipinski definition) is 3. The number of rotatable bonds is 5. The van der Waals surface area contributed by atoms with Crippen LogP contribution in [0.15, 0.2) is 42.5 Å². The quantitative estimate of drug-likeness (QED) is 0.586. The summed E-state index contributed by atoms with van der Waals surface area (Å²) in [6.45, 7) is 10.2. The van der Waals surface area contributed by atoms with Crippen molar-refractivity contribution in [2.75, 3.05) is 32.7 Å². The third-order valence-corrected chi connectivity index (χ3v) is 7.56. The zero-order chi connectivity index (χ0) is 22.1. The van der Waals surface area contributed by atoms with Crippen molar-refractivity contribution in [2.24, 2.45) is 0 Å². The van der Waals surface area contributed by atoms with Gasteiger partial charge in [0.25, 0.3) is 5.91 Å². The maximum atomic E-state index is 13.0. The van der Waals surface area contributed by atoms with Crippen molar-refractivity contribution in [2.45, 2.75) is 52.0 Å². The smallest absolute Gasteiger partial charge is 0.275 e. The van der Waals surface area contributed by atoms with Crippen LogP contribution < -0.4 is 0 Å². The van der Waals surface area contributed by atoms with Gasteiger partial charge in [-0.15, -0.1) is 0 Å². The summed E-state index contributed by atoms with van der Waals surface area (Å²) in [4.78, 5) is 17.6. The van der Waals surface area contributed by atoms with E-state index < -0.39 is 0 Å². The van der Waals surface area contributed by atoms with Crippen molar-refractivity contribution in [3.05, 3.63) is 64.8 Å². The molecule has 0 unspecified atom stereocenters. The minimum atomic E-state index is 0.0896. The SMILES string of the molecule is Cc1cccc(C2CCN(CCn3nc(C(=O)N4CCCC4)c4ccccc43)CC2)c1C. The van der Waals surface area contributed by atoms with E-state index in [1.165, 1.54) is 29.5 Å². The monoisotopic (exact) mass is 430 g/mol. The van der Waals surface area contributed by atoms with Crippen LogP contribution in [0, 0.1) is 13.8 Å². The second-order valence-corrected chi connectivity index (χ2v) is 9.49. The average Bonchev–Trinajstić information content (AvgIpc) is 3.48. The van der Waals surface area contributed by atoms with Crippen LogP contribution in [0.3, 0.4) is 0 Å². The van der Waals surface area contributed by atoms with E-state index in [2.05, 4.69) is 47.7 Å². The Balaban J connectivity index is 1.25. The van der Waals surface area contributed by atoms with E-state index in [1.807, 2.05) is 23.1 Å². The molecule has 5 rings (SSSR count). The number of hydrogen-bond donors (Lipinski definition) is 0. The molecule has 2 aliphatic heterocycles. The maximum Gasteiger partial charge on any atom is 0.275 e. The van der Waals surface area contributed by atoms with Gasteiger partial charge in [0, 0.05) is 25.0 Å². The molecule has 0 atom stereocenters. The summed E-state index contributed by atoms with van der Waals surface area (Å²) in [5.74, 6) is 0.758. The summed E-state index contributed by atoms with van der Waals surface area (Å²) < 4.78 is 2.05. The number of aromatic nitrogens is 2. The molecule has 1 amide bonds. The third kappa shape index (κ3) is 4.06. The number of amides is 1. The Bertz CT molecular complexity index is 1100. The van der Waals surface area contributed by atoms with Crippen LogP contribution in [0.5, 0.6) is 0 Å². The van der Waals surface area contributed by atoms with Crippen molar-refractivity contribution >= 4 is 16.8 Å². The maximum absolute atomic E-state index is 13.0. The van der Waals surface area contributed by atoms with Crippen LogP contribution in [0.25, 0.3) is 10.9 Å². The molecule has 1 aromatic heterocycles. The predicted octanol–water partition coefficient (Wildman–Crippen LogP) is 4.77. The summed E-state index contributed by atoms with van der Waals surface area (Å²) in [5.41, 5.74) is 6.09. The molecule has 2 saturated heterocycles. The van der Waals surface area contributed by atoms with Crippen LogP contribution in [0.1, 0.15) is 58.8 Å². The molecule has 168 valence electrons. The molecular formula is C27H34N4O. The lowest BCUT2D eigenvalue weighted by molar-refractivity contribution is 0.0787. The normalized spacial score (nSPS) is 18.0. The second-order valence-electron chi connectivity index (χ2n) is 9.49. The Hall–Kier alpha value is -2.66. The Morgan fingerprint density at radius 3 is 2.47 bits per heavy atom. The van der Waals surface area contributed by atoms with Gasteiger partial charge in [-0.25, -0.2) is 0 Å². The lowest BCUT2D eigenvalue weighted by Crippen LogP contribution is -2.35. The van der Waals surface area contributed by atoms with Gasteiger partial charge in [-0.3, -0.25) is 9.48 Å². The van der Waals surface area contributed by atoms with Crippen LogP contribution in [0.2, 0.25) is 0 Å². The minimum absolute atomic E-state index is 0.0896. The van der Waals surface area contributed by atoms with Gasteiger partial charge < -0.3 is 9.80 Å². The lowest BCUT2D eigenvalue weighted by Gasteiger charge is -2.33.